The fraction of sp³-hybridized carbons (Fsp3) is 0.360. The van der Waals surface area contributed by atoms with E-state index in [9.17, 15) is 14.7 Å². The number of hydrogen-bond donors (Lipinski definition) is 1. The fourth-order valence-corrected chi connectivity index (χ4v) is 3.81. The van der Waals surface area contributed by atoms with E-state index in [4.69, 9.17) is 4.74 Å². The summed E-state index contributed by atoms with van der Waals surface area (Å²) in [6.45, 7) is 7.24. The Morgan fingerprint density at radius 3 is 2.39 bits per heavy atom. The van der Waals surface area contributed by atoms with Gasteiger partial charge in [0.2, 0.25) is 0 Å². The van der Waals surface area contributed by atoms with Crippen molar-refractivity contribution in [3.63, 3.8) is 0 Å². The average molecular weight is 423 g/mol. The van der Waals surface area contributed by atoms with Gasteiger partial charge in [0.1, 0.15) is 11.5 Å². The van der Waals surface area contributed by atoms with Crippen molar-refractivity contribution in [2.24, 2.45) is 0 Å². The average Bonchev–Trinajstić information content (AvgIpc) is 2.99. The van der Waals surface area contributed by atoms with E-state index >= 15 is 0 Å². The monoisotopic (exact) mass is 422 g/mol. The normalized spacial score (nSPS) is 18.1. The second-order valence-corrected chi connectivity index (χ2v) is 8.12. The van der Waals surface area contributed by atoms with E-state index in [1.54, 1.807) is 4.90 Å². The minimum absolute atomic E-state index is 0.126. The summed E-state index contributed by atoms with van der Waals surface area (Å²) in [5.74, 6) is -0.666. The summed E-state index contributed by atoms with van der Waals surface area (Å²) < 4.78 is 5.53. The molecule has 1 fully saturated rings. The zero-order valence-corrected chi connectivity index (χ0v) is 18.8. The molecule has 0 spiro atoms. The first-order chi connectivity index (χ1) is 14.7. The van der Waals surface area contributed by atoms with Crippen molar-refractivity contribution in [3.8, 4) is 5.75 Å². The smallest absolute Gasteiger partial charge is 0.295 e. The van der Waals surface area contributed by atoms with Crippen LogP contribution in [0.15, 0.2) is 48.0 Å². The lowest BCUT2D eigenvalue weighted by Crippen LogP contribution is -2.35. The number of likely N-dealkylation sites (N-methyl/N-ethyl adjacent to an activating group) is 1. The number of nitrogens with zero attached hydrogens (tertiary/aromatic N) is 2. The first-order valence-electron chi connectivity index (χ1n) is 10.5. The number of hydrogen-bond acceptors (Lipinski definition) is 5. The fourth-order valence-electron chi connectivity index (χ4n) is 3.81. The third-order valence-electron chi connectivity index (χ3n) is 5.48. The molecular formula is C25H30N2O4. The van der Waals surface area contributed by atoms with Crippen LogP contribution < -0.4 is 4.74 Å². The highest BCUT2D eigenvalue weighted by atomic mass is 16.5. The Morgan fingerprint density at radius 2 is 1.77 bits per heavy atom. The summed E-state index contributed by atoms with van der Waals surface area (Å²) >= 11 is 0. The molecule has 3 rings (SSSR count). The molecule has 1 N–H and O–H groups in total. The molecule has 164 valence electrons. The molecule has 1 heterocycles. The van der Waals surface area contributed by atoms with Crippen LogP contribution in [0.25, 0.3) is 5.76 Å². The largest absolute Gasteiger partial charge is 0.507 e. The predicted octanol–water partition coefficient (Wildman–Crippen LogP) is 3.69. The van der Waals surface area contributed by atoms with Crippen LogP contribution in [-0.2, 0) is 9.59 Å². The highest BCUT2D eigenvalue weighted by Gasteiger charge is 2.46. The maximum absolute atomic E-state index is 13.1. The molecule has 0 radical (unpaired) electrons. The Balaban J connectivity index is 2.15. The number of aliphatic hydroxyl groups excluding tert-OH is 1. The van der Waals surface area contributed by atoms with Gasteiger partial charge in [-0.25, -0.2) is 0 Å². The summed E-state index contributed by atoms with van der Waals surface area (Å²) in [6, 6.07) is 12.4. The number of Topliss-reactive ketones (excluding diaryl/α,β-unsaturated/α-hetero) is 1. The van der Waals surface area contributed by atoms with Crippen LogP contribution in [0.1, 0.15) is 35.2 Å². The van der Waals surface area contributed by atoms with E-state index in [0.717, 1.165) is 16.7 Å². The molecule has 2 aromatic carbocycles. The van der Waals surface area contributed by atoms with Crippen LogP contribution in [0.4, 0.5) is 0 Å². The quantitative estimate of drug-likeness (QED) is 0.419. The van der Waals surface area contributed by atoms with Crippen molar-refractivity contribution >= 4 is 17.4 Å². The lowest BCUT2D eigenvalue weighted by atomic mass is 9.93. The third kappa shape index (κ3) is 4.64. The standard InChI is InChI=1S/C25H30N2O4/c1-6-31-19-11-9-18(10-12-19)22-21(23(28)20-15-16(2)7-8-17(20)3)24(29)25(30)27(22)14-13-26(4)5/h7-12,15,22,28H,6,13-14H2,1-5H3. The van der Waals surface area contributed by atoms with Gasteiger partial charge in [0.05, 0.1) is 18.2 Å². The van der Waals surface area contributed by atoms with E-state index < -0.39 is 17.7 Å². The predicted molar refractivity (Wildman–Crippen MR) is 121 cm³/mol. The molecule has 6 heteroatoms. The van der Waals surface area contributed by atoms with Crippen LogP contribution in [0.2, 0.25) is 0 Å². The molecule has 1 saturated heterocycles. The Morgan fingerprint density at radius 1 is 1.10 bits per heavy atom. The number of ether oxygens (including phenoxy) is 1. The van der Waals surface area contributed by atoms with Crippen molar-refractivity contribution < 1.29 is 19.4 Å². The van der Waals surface area contributed by atoms with Gasteiger partial charge in [0.15, 0.2) is 0 Å². The van der Waals surface area contributed by atoms with Crippen molar-refractivity contribution in [2.75, 3.05) is 33.8 Å². The molecule has 1 unspecified atom stereocenters. The number of benzene rings is 2. The molecule has 31 heavy (non-hydrogen) atoms. The molecule has 2 aromatic rings. The van der Waals surface area contributed by atoms with E-state index in [1.807, 2.05) is 82.2 Å². The van der Waals surface area contributed by atoms with Crippen molar-refractivity contribution in [1.82, 2.24) is 9.80 Å². The summed E-state index contributed by atoms with van der Waals surface area (Å²) in [4.78, 5) is 29.5. The number of carbonyl (C=O) groups is 2. The lowest BCUT2D eigenvalue weighted by Gasteiger charge is -2.26. The summed E-state index contributed by atoms with van der Waals surface area (Å²) in [6.07, 6.45) is 0. The van der Waals surface area contributed by atoms with Crippen LogP contribution in [0.5, 0.6) is 5.75 Å². The maximum Gasteiger partial charge on any atom is 0.295 e. The zero-order chi connectivity index (χ0) is 22.7. The van der Waals surface area contributed by atoms with Gasteiger partial charge in [0.25, 0.3) is 11.7 Å². The Hall–Kier alpha value is -3.12. The van der Waals surface area contributed by atoms with Crippen molar-refractivity contribution in [2.45, 2.75) is 26.8 Å². The van der Waals surface area contributed by atoms with Gasteiger partial charge < -0.3 is 19.6 Å². The van der Waals surface area contributed by atoms with Gasteiger partial charge in [0, 0.05) is 18.7 Å². The van der Waals surface area contributed by atoms with Crippen molar-refractivity contribution in [3.05, 3.63) is 70.3 Å². The molecule has 1 aliphatic rings. The van der Waals surface area contributed by atoms with Crippen LogP contribution in [-0.4, -0.2) is 60.4 Å². The molecular weight excluding hydrogens is 392 g/mol. The highest BCUT2D eigenvalue weighted by molar-refractivity contribution is 6.46. The molecule has 0 saturated carbocycles. The van der Waals surface area contributed by atoms with Gasteiger partial charge in [-0.05, 0) is 64.2 Å². The Labute approximate surface area is 183 Å². The molecule has 0 aliphatic carbocycles. The second kappa shape index (κ2) is 9.35. The van der Waals surface area contributed by atoms with Gasteiger partial charge in [-0.2, -0.15) is 0 Å². The second-order valence-electron chi connectivity index (χ2n) is 8.12. The third-order valence-corrected chi connectivity index (χ3v) is 5.48. The summed E-state index contributed by atoms with van der Waals surface area (Å²) in [5, 5.41) is 11.2. The SMILES string of the molecule is CCOc1ccc(C2C(=C(O)c3cc(C)ccc3C)C(=O)C(=O)N2CCN(C)C)cc1. The molecule has 1 atom stereocenters. The van der Waals surface area contributed by atoms with E-state index in [2.05, 4.69) is 0 Å². The molecule has 6 nitrogen and oxygen atoms in total. The first kappa shape index (κ1) is 22.6. The van der Waals surface area contributed by atoms with Crippen molar-refractivity contribution in [1.29, 1.82) is 0 Å². The molecule has 1 amide bonds. The van der Waals surface area contributed by atoms with Gasteiger partial charge in [-0.15, -0.1) is 0 Å². The van der Waals surface area contributed by atoms with Gasteiger partial charge in [-0.1, -0.05) is 29.8 Å². The minimum atomic E-state index is -0.657. The molecule has 1 aliphatic heterocycles. The number of rotatable bonds is 7. The number of likely N-dealkylation sites (tertiary alicyclic amines) is 1. The zero-order valence-electron chi connectivity index (χ0n) is 18.8. The number of ketones is 1. The number of aryl methyl sites for hydroxylation is 2. The number of aliphatic hydroxyl groups is 1. The van der Waals surface area contributed by atoms with E-state index in [1.165, 1.54) is 0 Å². The van der Waals surface area contributed by atoms with Crippen LogP contribution in [0.3, 0.4) is 0 Å². The lowest BCUT2D eigenvalue weighted by molar-refractivity contribution is -0.140. The minimum Gasteiger partial charge on any atom is -0.507 e. The van der Waals surface area contributed by atoms with Crippen LogP contribution >= 0.6 is 0 Å². The topological polar surface area (TPSA) is 70.1 Å². The highest BCUT2D eigenvalue weighted by Crippen LogP contribution is 2.40. The van der Waals surface area contributed by atoms with Gasteiger partial charge in [-0.3, -0.25) is 9.59 Å². The van der Waals surface area contributed by atoms with Crippen LogP contribution in [0, 0.1) is 13.8 Å². The summed E-state index contributed by atoms with van der Waals surface area (Å²) in [7, 11) is 3.83. The Kier molecular flexibility index (Phi) is 6.81. The first-order valence-corrected chi connectivity index (χ1v) is 10.5. The van der Waals surface area contributed by atoms with E-state index in [0.29, 0.717) is 31.0 Å². The number of amides is 1. The summed E-state index contributed by atoms with van der Waals surface area (Å²) in [5.41, 5.74) is 3.26. The van der Waals surface area contributed by atoms with E-state index in [-0.39, 0.29) is 11.3 Å². The van der Waals surface area contributed by atoms with Gasteiger partial charge >= 0.3 is 0 Å². The number of carbonyl (C=O) groups excluding carboxylic acids is 2. The maximum atomic E-state index is 13.1. The Bertz CT molecular complexity index is 1010. The molecule has 0 aromatic heterocycles. The molecule has 0 bridgehead atoms.